The van der Waals surface area contributed by atoms with E-state index in [2.05, 4.69) is 17.4 Å². The van der Waals surface area contributed by atoms with Crippen molar-refractivity contribution in [3.05, 3.63) is 29.3 Å². The molecule has 0 radical (unpaired) electrons. The summed E-state index contributed by atoms with van der Waals surface area (Å²) in [6, 6.07) is 6.28. The van der Waals surface area contributed by atoms with E-state index in [4.69, 9.17) is 4.74 Å². The van der Waals surface area contributed by atoms with Crippen LogP contribution in [0.15, 0.2) is 18.2 Å². The molecule has 1 aromatic rings. The summed E-state index contributed by atoms with van der Waals surface area (Å²) >= 11 is 0. The van der Waals surface area contributed by atoms with Crippen molar-refractivity contribution in [1.29, 1.82) is 0 Å². The van der Waals surface area contributed by atoms with Gasteiger partial charge in [-0.15, -0.1) is 0 Å². The van der Waals surface area contributed by atoms with E-state index < -0.39 is 0 Å². The predicted octanol–water partition coefficient (Wildman–Crippen LogP) is 1.93. The number of ether oxygens (including phenoxy) is 1. The highest BCUT2D eigenvalue weighted by molar-refractivity contribution is 5.80. The summed E-state index contributed by atoms with van der Waals surface area (Å²) in [7, 11) is 0. The van der Waals surface area contributed by atoms with Gasteiger partial charge < -0.3 is 15.0 Å². The van der Waals surface area contributed by atoms with Crippen LogP contribution in [-0.4, -0.2) is 43.0 Å². The molecule has 0 unspecified atom stereocenters. The Kier molecular flexibility index (Phi) is 5.38. The Morgan fingerprint density at radius 1 is 1.25 bits per heavy atom. The van der Waals surface area contributed by atoms with Crippen LogP contribution in [0, 0.1) is 5.92 Å². The highest BCUT2D eigenvalue weighted by atomic mass is 16.5. The molecule has 1 fully saturated rings. The Labute approximate surface area is 143 Å². The number of hydrogen-bond donors (Lipinski definition) is 1. The topological polar surface area (TPSA) is 58.6 Å². The van der Waals surface area contributed by atoms with Crippen LogP contribution in [0.3, 0.4) is 0 Å². The van der Waals surface area contributed by atoms with Crippen LogP contribution in [0.2, 0.25) is 0 Å². The van der Waals surface area contributed by atoms with Gasteiger partial charge in [-0.05, 0) is 55.4 Å². The molecule has 5 nitrogen and oxygen atoms in total. The molecule has 1 aliphatic carbocycles. The molecule has 1 N–H and O–H groups in total. The number of likely N-dealkylation sites (tertiary alicyclic amines) is 1. The first-order chi connectivity index (χ1) is 11.6. The number of fused-ring (bicyclic) bond motifs is 1. The molecule has 1 aromatic carbocycles. The van der Waals surface area contributed by atoms with Gasteiger partial charge in [-0.3, -0.25) is 9.59 Å². The highest BCUT2D eigenvalue weighted by Crippen LogP contribution is 2.25. The maximum Gasteiger partial charge on any atom is 0.225 e. The number of benzene rings is 1. The van der Waals surface area contributed by atoms with E-state index in [0.29, 0.717) is 19.7 Å². The number of hydrogen-bond acceptors (Lipinski definition) is 3. The van der Waals surface area contributed by atoms with E-state index in [9.17, 15) is 9.59 Å². The number of nitrogens with zero attached hydrogens (tertiary/aromatic N) is 1. The van der Waals surface area contributed by atoms with Crippen LogP contribution < -0.4 is 10.1 Å². The molecule has 2 amide bonds. The first kappa shape index (κ1) is 16.8. The Morgan fingerprint density at radius 2 is 2.08 bits per heavy atom. The average Bonchev–Trinajstić information content (AvgIpc) is 3.06. The fourth-order valence-corrected chi connectivity index (χ4v) is 3.60. The molecule has 1 aliphatic heterocycles. The number of carbonyl (C=O) groups excluding carboxylic acids is 2. The number of piperidine rings is 1. The molecule has 0 aromatic heterocycles. The lowest BCUT2D eigenvalue weighted by molar-refractivity contribution is -0.134. The Hall–Kier alpha value is -2.04. The molecule has 2 aliphatic rings. The molecule has 0 spiro atoms. The van der Waals surface area contributed by atoms with E-state index in [0.717, 1.165) is 31.6 Å². The molecule has 24 heavy (non-hydrogen) atoms. The molecule has 1 atom stereocenters. The van der Waals surface area contributed by atoms with E-state index in [-0.39, 0.29) is 17.7 Å². The van der Waals surface area contributed by atoms with Crippen molar-refractivity contribution in [2.24, 2.45) is 5.92 Å². The first-order valence-corrected chi connectivity index (χ1v) is 8.91. The van der Waals surface area contributed by atoms with Gasteiger partial charge in [0.05, 0.1) is 12.5 Å². The van der Waals surface area contributed by atoms with Gasteiger partial charge in [0, 0.05) is 20.0 Å². The first-order valence-electron chi connectivity index (χ1n) is 8.91. The quantitative estimate of drug-likeness (QED) is 0.839. The smallest absolute Gasteiger partial charge is 0.225 e. The molecular weight excluding hydrogens is 304 g/mol. The highest BCUT2D eigenvalue weighted by Gasteiger charge is 2.26. The third-order valence-electron chi connectivity index (χ3n) is 4.98. The molecule has 1 heterocycles. The van der Waals surface area contributed by atoms with E-state index in [1.807, 2.05) is 6.07 Å². The van der Waals surface area contributed by atoms with Gasteiger partial charge in [0.25, 0.3) is 0 Å². The number of aryl methyl sites for hydroxylation is 2. The monoisotopic (exact) mass is 330 g/mol. The van der Waals surface area contributed by atoms with Crippen molar-refractivity contribution in [3.8, 4) is 5.75 Å². The second kappa shape index (κ2) is 7.69. The maximum absolute atomic E-state index is 12.2. The van der Waals surface area contributed by atoms with E-state index in [1.165, 1.54) is 24.0 Å². The standard InChI is InChI=1S/C19H26N2O3/c1-14(22)21-10-3-6-17(13-21)19(23)20-9-11-24-18-8-7-15-4-2-5-16(15)12-18/h7-8,12,17H,2-6,9-11,13H2,1H3,(H,20,23)/t17-/m1/s1. The zero-order chi connectivity index (χ0) is 16.9. The van der Waals surface area contributed by atoms with Gasteiger partial charge in [0.15, 0.2) is 0 Å². The van der Waals surface area contributed by atoms with Crippen LogP contribution in [0.1, 0.15) is 37.3 Å². The van der Waals surface area contributed by atoms with Crippen LogP contribution in [0.5, 0.6) is 5.75 Å². The lowest BCUT2D eigenvalue weighted by Crippen LogP contribution is -2.45. The van der Waals surface area contributed by atoms with Crippen molar-refractivity contribution in [2.45, 2.75) is 39.0 Å². The summed E-state index contributed by atoms with van der Waals surface area (Å²) in [5.41, 5.74) is 2.83. The summed E-state index contributed by atoms with van der Waals surface area (Å²) in [4.78, 5) is 25.4. The van der Waals surface area contributed by atoms with Crippen LogP contribution >= 0.6 is 0 Å². The lowest BCUT2D eigenvalue weighted by atomic mass is 9.97. The largest absolute Gasteiger partial charge is 0.492 e. The maximum atomic E-state index is 12.2. The Bertz CT molecular complexity index is 615. The van der Waals surface area contributed by atoms with Crippen molar-refractivity contribution in [3.63, 3.8) is 0 Å². The lowest BCUT2D eigenvalue weighted by Gasteiger charge is -2.31. The van der Waals surface area contributed by atoms with E-state index >= 15 is 0 Å². The number of carbonyl (C=O) groups is 2. The molecule has 3 rings (SSSR count). The summed E-state index contributed by atoms with van der Waals surface area (Å²) < 4.78 is 5.75. The average molecular weight is 330 g/mol. The van der Waals surface area contributed by atoms with Gasteiger partial charge in [-0.1, -0.05) is 6.07 Å². The summed E-state index contributed by atoms with van der Waals surface area (Å²) in [6.45, 7) is 3.82. The van der Waals surface area contributed by atoms with Crippen molar-refractivity contribution >= 4 is 11.8 Å². The van der Waals surface area contributed by atoms with E-state index in [1.54, 1.807) is 11.8 Å². The molecule has 130 valence electrons. The van der Waals surface area contributed by atoms with Crippen molar-refractivity contribution in [2.75, 3.05) is 26.2 Å². The molecule has 0 bridgehead atoms. The molecule has 0 saturated carbocycles. The Balaban J connectivity index is 1.40. The van der Waals surface area contributed by atoms with Crippen LogP contribution in [0.25, 0.3) is 0 Å². The minimum absolute atomic E-state index is 0.0264. The zero-order valence-corrected chi connectivity index (χ0v) is 14.3. The fraction of sp³-hybridized carbons (Fsp3) is 0.579. The van der Waals surface area contributed by atoms with Gasteiger partial charge in [0.1, 0.15) is 12.4 Å². The van der Waals surface area contributed by atoms with Crippen molar-refractivity contribution in [1.82, 2.24) is 10.2 Å². The van der Waals surface area contributed by atoms with Gasteiger partial charge in [-0.25, -0.2) is 0 Å². The van der Waals surface area contributed by atoms with Crippen LogP contribution in [0.4, 0.5) is 0 Å². The molecule has 1 saturated heterocycles. The summed E-state index contributed by atoms with van der Waals surface area (Å²) in [5.74, 6) is 0.860. The number of rotatable bonds is 5. The fourth-order valence-electron chi connectivity index (χ4n) is 3.60. The predicted molar refractivity (Wildman–Crippen MR) is 91.9 cm³/mol. The summed E-state index contributed by atoms with van der Waals surface area (Å²) in [6.07, 6.45) is 5.28. The second-order valence-electron chi connectivity index (χ2n) is 6.73. The molecule has 5 heteroatoms. The minimum Gasteiger partial charge on any atom is -0.492 e. The normalized spacial score (nSPS) is 19.7. The number of nitrogens with one attached hydrogen (secondary N) is 1. The third-order valence-corrected chi connectivity index (χ3v) is 4.98. The van der Waals surface area contributed by atoms with Gasteiger partial charge in [-0.2, -0.15) is 0 Å². The van der Waals surface area contributed by atoms with Gasteiger partial charge >= 0.3 is 0 Å². The SMILES string of the molecule is CC(=O)N1CCC[C@@H](C(=O)NCCOc2ccc3c(c2)CCC3)C1. The van der Waals surface area contributed by atoms with Gasteiger partial charge in [0.2, 0.25) is 11.8 Å². The summed E-state index contributed by atoms with van der Waals surface area (Å²) in [5, 5.41) is 2.93. The second-order valence-corrected chi connectivity index (χ2v) is 6.73. The van der Waals surface area contributed by atoms with Crippen molar-refractivity contribution < 1.29 is 14.3 Å². The third kappa shape index (κ3) is 4.08. The Morgan fingerprint density at radius 3 is 2.92 bits per heavy atom. The minimum atomic E-state index is -0.0948. The zero-order valence-electron chi connectivity index (χ0n) is 14.3. The van der Waals surface area contributed by atoms with Crippen LogP contribution in [-0.2, 0) is 22.4 Å². The number of amides is 2. The molecular formula is C19H26N2O3.